The van der Waals surface area contributed by atoms with E-state index >= 15 is 0 Å². The molecule has 230 valence electrons. The summed E-state index contributed by atoms with van der Waals surface area (Å²) in [7, 11) is 0. The van der Waals surface area contributed by atoms with Crippen molar-refractivity contribution < 1.29 is 43.6 Å². The van der Waals surface area contributed by atoms with E-state index < -0.39 is 65.0 Å². The molecule has 4 aliphatic rings. The lowest BCUT2D eigenvalue weighted by Crippen LogP contribution is -2.66. The number of esters is 3. The first kappa shape index (κ1) is 30.9. The van der Waals surface area contributed by atoms with Crippen LogP contribution in [0.1, 0.15) is 58.3 Å². The molecule has 9 atom stereocenters. The van der Waals surface area contributed by atoms with Crippen LogP contribution in [0.2, 0.25) is 0 Å². The van der Waals surface area contributed by atoms with E-state index in [-0.39, 0.29) is 35.4 Å². The number of carbonyl (C=O) groups excluding carboxylic acids is 4. The number of hydrogen-bond donors (Lipinski definition) is 2. The van der Waals surface area contributed by atoms with Gasteiger partial charge in [0, 0.05) is 23.8 Å². The zero-order valence-electron chi connectivity index (χ0n) is 25.5. The topological polar surface area (TPSA) is 136 Å². The van der Waals surface area contributed by atoms with Gasteiger partial charge in [-0.2, -0.15) is 0 Å². The standard InChI is InChI=1S/C34H40O9/c1-7-18(2)30(38)43-29-23(16-35)14-24-26-25(32(26,6)17-41-31(39)22-11-9-8-10-12-22)13-20(4)33(27(24)37)15-19(3)28(34(29,33)40)42-21(5)36/h7-12,14-15,20,24-26,28-29,35,40H,13,16-17H2,1-6H3/b18-7-/t20-,24+,25-,26+,28+,29-,32-,33+,34-/m1/s1. The smallest absolute Gasteiger partial charge is 0.338 e. The number of fused-ring (bicyclic) bond motifs is 3. The number of Topliss-reactive ketones (excluding diaryl/α,β-unsaturated/α-hetero) is 1. The van der Waals surface area contributed by atoms with Gasteiger partial charge < -0.3 is 24.4 Å². The second-order valence-electron chi connectivity index (χ2n) is 12.8. The van der Waals surface area contributed by atoms with Crippen LogP contribution in [0.25, 0.3) is 0 Å². The number of carbonyl (C=O) groups is 4. The fourth-order valence-electron chi connectivity index (χ4n) is 8.13. The van der Waals surface area contributed by atoms with Gasteiger partial charge in [0.25, 0.3) is 0 Å². The maximum absolute atomic E-state index is 14.9. The van der Waals surface area contributed by atoms with Crippen molar-refractivity contribution in [2.45, 2.75) is 65.8 Å². The van der Waals surface area contributed by atoms with Crippen LogP contribution in [0.5, 0.6) is 0 Å². The number of ketones is 1. The van der Waals surface area contributed by atoms with Crippen molar-refractivity contribution >= 4 is 23.7 Å². The summed E-state index contributed by atoms with van der Waals surface area (Å²) in [6.07, 6.45) is 2.61. The Morgan fingerprint density at radius 2 is 1.77 bits per heavy atom. The Labute approximate surface area is 251 Å². The molecule has 43 heavy (non-hydrogen) atoms. The van der Waals surface area contributed by atoms with Gasteiger partial charge in [-0.1, -0.05) is 50.3 Å². The molecule has 0 aromatic heterocycles. The molecule has 2 bridgehead atoms. The first-order chi connectivity index (χ1) is 20.3. The van der Waals surface area contributed by atoms with Crippen molar-refractivity contribution in [1.29, 1.82) is 0 Å². The summed E-state index contributed by atoms with van der Waals surface area (Å²) in [5.41, 5.74) is -3.00. The first-order valence-electron chi connectivity index (χ1n) is 14.8. The average molecular weight is 593 g/mol. The van der Waals surface area contributed by atoms with Crippen LogP contribution in [0.3, 0.4) is 0 Å². The molecule has 1 aromatic carbocycles. The zero-order chi connectivity index (χ0) is 31.5. The molecule has 2 saturated carbocycles. The highest BCUT2D eigenvalue weighted by Crippen LogP contribution is 2.72. The second-order valence-corrected chi connectivity index (χ2v) is 12.8. The van der Waals surface area contributed by atoms with Crippen molar-refractivity contribution in [1.82, 2.24) is 0 Å². The fourth-order valence-corrected chi connectivity index (χ4v) is 8.13. The number of aliphatic hydroxyl groups excluding tert-OH is 1. The molecule has 1 aromatic rings. The Morgan fingerprint density at radius 1 is 1.09 bits per heavy atom. The molecular weight excluding hydrogens is 552 g/mol. The second kappa shape index (κ2) is 10.9. The van der Waals surface area contributed by atoms with E-state index in [1.165, 1.54) is 6.92 Å². The maximum atomic E-state index is 14.9. The fraction of sp³-hybridized carbons (Fsp3) is 0.529. The molecule has 2 fully saturated rings. The van der Waals surface area contributed by atoms with Crippen molar-refractivity contribution in [3.05, 3.63) is 70.8 Å². The Balaban J connectivity index is 1.60. The third-order valence-corrected chi connectivity index (χ3v) is 10.4. The third kappa shape index (κ3) is 4.51. The molecule has 0 unspecified atom stereocenters. The maximum Gasteiger partial charge on any atom is 0.338 e. The Morgan fingerprint density at radius 3 is 2.37 bits per heavy atom. The minimum Gasteiger partial charge on any atom is -0.461 e. The lowest BCUT2D eigenvalue weighted by molar-refractivity contribution is -0.210. The van der Waals surface area contributed by atoms with Gasteiger partial charge in [-0.3, -0.25) is 9.59 Å². The summed E-state index contributed by atoms with van der Waals surface area (Å²) in [4.78, 5) is 53.1. The summed E-state index contributed by atoms with van der Waals surface area (Å²) in [6, 6.07) is 8.69. The summed E-state index contributed by atoms with van der Waals surface area (Å²) < 4.78 is 17.4. The van der Waals surface area contributed by atoms with Crippen molar-refractivity contribution in [3.8, 4) is 0 Å². The molecule has 0 saturated heterocycles. The normalized spacial score (nSPS) is 38.0. The van der Waals surface area contributed by atoms with Crippen LogP contribution < -0.4 is 0 Å². The lowest BCUT2D eigenvalue weighted by atomic mass is 9.59. The summed E-state index contributed by atoms with van der Waals surface area (Å²) in [5, 5.41) is 23.5. The highest BCUT2D eigenvalue weighted by atomic mass is 16.6. The molecule has 1 spiro atoms. The van der Waals surface area contributed by atoms with Gasteiger partial charge in [0.15, 0.2) is 23.6 Å². The predicted octanol–water partition coefficient (Wildman–Crippen LogP) is 3.74. The van der Waals surface area contributed by atoms with Crippen LogP contribution in [-0.4, -0.2) is 64.9 Å². The molecular formula is C34H40O9. The Bertz CT molecular complexity index is 1440. The quantitative estimate of drug-likeness (QED) is 0.210. The average Bonchev–Trinajstić information content (AvgIpc) is 3.52. The van der Waals surface area contributed by atoms with Crippen LogP contribution in [-0.2, 0) is 28.6 Å². The molecule has 0 radical (unpaired) electrons. The van der Waals surface area contributed by atoms with E-state index in [1.54, 1.807) is 63.3 Å². The van der Waals surface area contributed by atoms with Gasteiger partial charge in [-0.25, -0.2) is 9.59 Å². The van der Waals surface area contributed by atoms with E-state index in [9.17, 15) is 29.4 Å². The minimum atomic E-state index is -2.21. The Kier molecular flexibility index (Phi) is 7.80. The van der Waals surface area contributed by atoms with Gasteiger partial charge in [0.2, 0.25) is 0 Å². The van der Waals surface area contributed by atoms with E-state index in [2.05, 4.69) is 0 Å². The van der Waals surface area contributed by atoms with Gasteiger partial charge in [0.1, 0.15) is 0 Å². The van der Waals surface area contributed by atoms with Crippen LogP contribution >= 0.6 is 0 Å². The molecule has 9 nitrogen and oxygen atoms in total. The number of hydrogen-bond acceptors (Lipinski definition) is 9. The largest absolute Gasteiger partial charge is 0.461 e. The molecule has 0 amide bonds. The number of allylic oxidation sites excluding steroid dienone is 2. The van der Waals surface area contributed by atoms with E-state index in [1.807, 2.05) is 19.9 Å². The first-order valence-corrected chi connectivity index (χ1v) is 14.8. The molecule has 2 N–H and O–H groups in total. The van der Waals surface area contributed by atoms with Gasteiger partial charge in [-0.15, -0.1) is 0 Å². The minimum absolute atomic E-state index is 0.0364. The van der Waals surface area contributed by atoms with Crippen molar-refractivity contribution in [2.75, 3.05) is 13.2 Å². The number of rotatable bonds is 7. The highest BCUT2D eigenvalue weighted by molar-refractivity contribution is 5.96. The van der Waals surface area contributed by atoms with Crippen LogP contribution in [0, 0.1) is 34.5 Å². The van der Waals surface area contributed by atoms with E-state index in [0.717, 1.165) is 0 Å². The summed E-state index contributed by atoms with van der Waals surface area (Å²) in [6.45, 7) is 9.49. The Hall–Kier alpha value is -3.56. The van der Waals surface area contributed by atoms with E-state index in [4.69, 9.17) is 14.2 Å². The van der Waals surface area contributed by atoms with Crippen LogP contribution in [0.4, 0.5) is 0 Å². The molecule has 0 aliphatic heterocycles. The summed E-state index contributed by atoms with van der Waals surface area (Å²) in [5.74, 6) is -3.71. The number of aliphatic hydroxyl groups is 2. The van der Waals surface area contributed by atoms with E-state index in [0.29, 0.717) is 17.6 Å². The number of ether oxygens (including phenoxy) is 3. The molecule has 9 heteroatoms. The lowest BCUT2D eigenvalue weighted by Gasteiger charge is -2.49. The van der Waals surface area contributed by atoms with Crippen LogP contribution in [0.15, 0.2) is 65.3 Å². The predicted molar refractivity (Wildman–Crippen MR) is 155 cm³/mol. The summed E-state index contributed by atoms with van der Waals surface area (Å²) >= 11 is 0. The van der Waals surface area contributed by atoms with Crippen molar-refractivity contribution in [2.24, 2.45) is 34.5 Å². The molecule has 5 rings (SSSR count). The van der Waals surface area contributed by atoms with Crippen molar-refractivity contribution in [3.63, 3.8) is 0 Å². The SMILES string of the molecule is C/C=C(/C)C(=O)O[C@@H]1C(CO)=C[C@@H]2C(=O)[C@]3(C=C(C)[C@H](OC(C)=O)[C@@]13O)[C@H](C)C[C@@H]1[C@H]2[C@]1(C)COC(=O)c1ccccc1. The third-order valence-electron chi connectivity index (χ3n) is 10.4. The van der Waals surface area contributed by atoms with Gasteiger partial charge >= 0.3 is 17.9 Å². The molecule has 0 heterocycles. The monoisotopic (exact) mass is 592 g/mol. The van der Waals surface area contributed by atoms with Gasteiger partial charge in [0.05, 0.1) is 24.2 Å². The number of benzene rings is 1. The van der Waals surface area contributed by atoms with Gasteiger partial charge in [-0.05, 0) is 68.2 Å². The zero-order valence-corrected chi connectivity index (χ0v) is 25.5. The highest BCUT2D eigenvalue weighted by Gasteiger charge is 2.78. The molecule has 4 aliphatic carbocycles.